The van der Waals surface area contributed by atoms with Crippen LogP contribution >= 0.6 is 0 Å². The monoisotopic (exact) mass is 224 g/mol. The van der Waals surface area contributed by atoms with Gasteiger partial charge in [-0.15, -0.1) is 0 Å². The fourth-order valence-electron chi connectivity index (χ4n) is 1.71. The van der Waals surface area contributed by atoms with Gasteiger partial charge in [-0.2, -0.15) is 0 Å². The van der Waals surface area contributed by atoms with Gasteiger partial charge in [0.25, 0.3) is 0 Å². The lowest BCUT2D eigenvalue weighted by Crippen LogP contribution is -2.20. The molecule has 0 aliphatic rings. The van der Waals surface area contributed by atoms with Crippen LogP contribution in [0.5, 0.6) is 0 Å². The standard InChI is InChI=1S/C13H24N2O/c1-12(2)10-14-11-13-6-5-8-15(13)7-3-4-9-16/h5-6,8,12,14,16H,3-4,7,9-11H2,1-2H3. The number of aliphatic hydroxyl groups excluding tert-OH is 1. The van der Waals surface area contributed by atoms with Gasteiger partial charge in [0.05, 0.1) is 0 Å². The lowest BCUT2D eigenvalue weighted by molar-refractivity contribution is 0.281. The second-order valence-electron chi connectivity index (χ2n) is 4.65. The van der Waals surface area contributed by atoms with E-state index in [-0.39, 0.29) is 0 Å². The highest BCUT2D eigenvalue weighted by Gasteiger charge is 2.00. The topological polar surface area (TPSA) is 37.2 Å². The molecular weight excluding hydrogens is 200 g/mol. The van der Waals surface area contributed by atoms with Crippen molar-refractivity contribution in [1.29, 1.82) is 0 Å². The number of aryl methyl sites for hydroxylation is 1. The van der Waals surface area contributed by atoms with E-state index >= 15 is 0 Å². The zero-order valence-electron chi connectivity index (χ0n) is 10.4. The second-order valence-corrected chi connectivity index (χ2v) is 4.65. The molecule has 0 aliphatic heterocycles. The van der Waals surface area contributed by atoms with Gasteiger partial charge >= 0.3 is 0 Å². The molecule has 0 spiro atoms. The van der Waals surface area contributed by atoms with Crippen LogP contribution < -0.4 is 5.32 Å². The fourth-order valence-corrected chi connectivity index (χ4v) is 1.71. The number of nitrogens with one attached hydrogen (secondary N) is 1. The molecule has 16 heavy (non-hydrogen) atoms. The van der Waals surface area contributed by atoms with E-state index in [1.165, 1.54) is 5.69 Å². The minimum Gasteiger partial charge on any atom is -0.396 e. The molecule has 1 heterocycles. The van der Waals surface area contributed by atoms with E-state index in [1.54, 1.807) is 0 Å². The highest BCUT2D eigenvalue weighted by atomic mass is 16.2. The first-order valence-electron chi connectivity index (χ1n) is 6.19. The molecule has 0 amide bonds. The van der Waals surface area contributed by atoms with E-state index in [0.29, 0.717) is 12.5 Å². The summed E-state index contributed by atoms with van der Waals surface area (Å²) in [5.74, 6) is 0.692. The summed E-state index contributed by atoms with van der Waals surface area (Å²) in [6, 6.07) is 4.25. The smallest absolute Gasteiger partial charge is 0.0431 e. The van der Waals surface area contributed by atoms with Crippen LogP contribution in [0.25, 0.3) is 0 Å². The number of aliphatic hydroxyl groups is 1. The van der Waals surface area contributed by atoms with Gasteiger partial charge in [-0.3, -0.25) is 0 Å². The van der Waals surface area contributed by atoms with E-state index < -0.39 is 0 Å². The summed E-state index contributed by atoms with van der Waals surface area (Å²) in [5, 5.41) is 12.2. The van der Waals surface area contributed by atoms with Crippen LogP contribution in [-0.4, -0.2) is 22.8 Å². The molecule has 0 saturated heterocycles. The molecule has 1 aromatic heterocycles. The predicted octanol–water partition coefficient (Wildman–Crippen LogP) is 2.01. The Morgan fingerprint density at radius 2 is 2.19 bits per heavy atom. The van der Waals surface area contributed by atoms with Crippen molar-refractivity contribution in [3.63, 3.8) is 0 Å². The molecule has 3 heteroatoms. The number of hydrogen-bond acceptors (Lipinski definition) is 2. The predicted molar refractivity (Wildman–Crippen MR) is 67.3 cm³/mol. The molecule has 0 bridgehead atoms. The van der Waals surface area contributed by atoms with E-state index in [4.69, 9.17) is 5.11 Å². The minimum absolute atomic E-state index is 0.294. The molecule has 2 N–H and O–H groups in total. The zero-order valence-corrected chi connectivity index (χ0v) is 10.4. The lowest BCUT2D eigenvalue weighted by Gasteiger charge is -2.11. The van der Waals surface area contributed by atoms with Crippen molar-refractivity contribution in [3.05, 3.63) is 24.0 Å². The molecule has 0 unspecified atom stereocenters. The average Bonchev–Trinajstić information content (AvgIpc) is 2.66. The average molecular weight is 224 g/mol. The Balaban J connectivity index is 2.32. The summed E-state index contributed by atoms with van der Waals surface area (Å²) < 4.78 is 2.27. The number of hydrogen-bond donors (Lipinski definition) is 2. The lowest BCUT2D eigenvalue weighted by atomic mass is 10.2. The number of unbranched alkanes of at least 4 members (excludes halogenated alkanes) is 1. The van der Waals surface area contributed by atoms with E-state index in [9.17, 15) is 0 Å². The Kier molecular flexibility index (Phi) is 6.19. The van der Waals surface area contributed by atoms with E-state index in [2.05, 4.69) is 42.1 Å². The molecule has 1 aromatic rings. The third-order valence-electron chi connectivity index (χ3n) is 2.59. The minimum atomic E-state index is 0.294. The highest BCUT2D eigenvalue weighted by molar-refractivity contribution is 5.06. The van der Waals surface area contributed by atoms with Crippen molar-refractivity contribution < 1.29 is 5.11 Å². The van der Waals surface area contributed by atoms with Gasteiger partial charge in [0.2, 0.25) is 0 Å². The summed E-state index contributed by atoms with van der Waals surface area (Å²) >= 11 is 0. The summed E-state index contributed by atoms with van der Waals surface area (Å²) in [5.41, 5.74) is 1.33. The molecule has 3 nitrogen and oxygen atoms in total. The maximum Gasteiger partial charge on any atom is 0.0431 e. The fraction of sp³-hybridized carbons (Fsp3) is 0.692. The Morgan fingerprint density at radius 3 is 2.88 bits per heavy atom. The Labute approximate surface area is 98.5 Å². The number of nitrogens with zero attached hydrogens (tertiary/aromatic N) is 1. The maximum absolute atomic E-state index is 8.75. The molecule has 0 saturated carbocycles. The van der Waals surface area contributed by atoms with Crippen molar-refractivity contribution in [3.8, 4) is 0 Å². The van der Waals surface area contributed by atoms with Gasteiger partial charge in [0.1, 0.15) is 0 Å². The van der Waals surface area contributed by atoms with Crippen molar-refractivity contribution in [2.45, 2.75) is 39.8 Å². The van der Waals surface area contributed by atoms with Crippen molar-refractivity contribution in [2.75, 3.05) is 13.2 Å². The molecule has 92 valence electrons. The van der Waals surface area contributed by atoms with Crippen molar-refractivity contribution in [1.82, 2.24) is 9.88 Å². The van der Waals surface area contributed by atoms with Gasteiger partial charge < -0.3 is 15.0 Å². The zero-order chi connectivity index (χ0) is 11.8. The maximum atomic E-state index is 8.75. The van der Waals surface area contributed by atoms with Crippen LogP contribution in [0.1, 0.15) is 32.4 Å². The van der Waals surface area contributed by atoms with Crippen LogP contribution in [0.2, 0.25) is 0 Å². The summed E-state index contributed by atoms with van der Waals surface area (Å²) in [6.07, 6.45) is 4.04. The molecule has 0 aliphatic carbocycles. The van der Waals surface area contributed by atoms with Crippen LogP contribution in [0, 0.1) is 5.92 Å². The van der Waals surface area contributed by atoms with E-state index in [1.807, 2.05) is 0 Å². The van der Waals surface area contributed by atoms with Crippen LogP contribution in [0.4, 0.5) is 0 Å². The molecule has 0 radical (unpaired) electrons. The SMILES string of the molecule is CC(C)CNCc1cccn1CCCCO. The Bertz CT molecular complexity index is 281. The van der Waals surface area contributed by atoms with Gasteiger partial charge in [0, 0.05) is 31.6 Å². The van der Waals surface area contributed by atoms with Crippen LogP contribution in [-0.2, 0) is 13.1 Å². The van der Waals surface area contributed by atoms with Gasteiger partial charge in [-0.05, 0) is 37.4 Å². The van der Waals surface area contributed by atoms with Crippen molar-refractivity contribution in [2.24, 2.45) is 5.92 Å². The Hall–Kier alpha value is -0.800. The molecule has 0 fully saturated rings. The highest BCUT2D eigenvalue weighted by Crippen LogP contribution is 2.04. The third-order valence-corrected chi connectivity index (χ3v) is 2.59. The van der Waals surface area contributed by atoms with Crippen LogP contribution in [0.15, 0.2) is 18.3 Å². The van der Waals surface area contributed by atoms with Crippen LogP contribution in [0.3, 0.4) is 0 Å². The first-order valence-corrected chi connectivity index (χ1v) is 6.19. The van der Waals surface area contributed by atoms with Crippen molar-refractivity contribution >= 4 is 0 Å². The molecule has 0 atom stereocenters. The quantitative estimate of drug-likeness (QED) is 0.663. The third kappa shape index (κ3) is 4.81. The van der Waals surface area contributed by atoms with Gasteiger partial charge in [0.15, 0.2) is 0 Å². The van der Waals surface area contributed by atoms with E-state index in [0.717, 1.165) is 32.5 Å². The summed E-state index contributed by atoms with van der Waals surface area (Å²) in [4.78, 5) is 0. The Morgan fingerprint density at radius 1 is 1.38 bits per heavy atom. The molecule has 1 rings (SSSR count). The van der Waals surface area contributed by atoms with Gasteiger partial charge in [-0.25, -0.2) is 0 Å². The number of rotatable bonds is 8. The largest absolute Gasteiger partial charge is 0.396 e. The summed E-state index contributed by atoms with van der Waals surface area (Å²) in [7, 11) is 0. The first kappa shape index (κ1) is 13.3. The van der Waals surface area contributed by atoms with Gasteiger partial charge in [-0.1, -0.05) is 13.8 Å². The molecule has 0 aromatic carbocycles. The normalized spacial score (nSPS) is 11.2. The number of aromatic nitrogens is 1. The molecular formula is C13H24N2O. The first-order chi connectivity index (χ1) is 7.74. The summed E-state index contributed by atoms with van der Waals surface area (Å²) in [6.45, 7) is 7.72. The second kappa shape index (κ2) is 7.47.